The van der Waals surface area contributed by atoms with Crippen LogP contribution in [0.15, 0.2) is 34.7 Å². The first-order chi connectivity index (χ1) is 15.6. The normalized spacial score (nSPS) is 23.5. The summed E-state index contributed by atoms with van der Waals surface area (Å²) >= 11 is 3.20. The predicted octanol–water partition coefficient (Wildman–Crippen LogP) is 3.27. The van der Waals surface area contributed by atoms with E-state index in [0.717, 1.165) is 22.5 Å². The van der Waals surface area contributed by atoms with Gasteiger partial charge in [0.1, 0.15) is 23.2 Å². The smallest absolute Gasteiger partial charge is 0.242 e. The molecule has 0 spiro atoms. The highest BCUT2D eigenvalue weighted by molar-refractivity contribution is 8.01. The van der Waals surface area contributed by atoms with Crippen LogP contribution in [-0.2, 0) is 25.5 Å². The number of Topliss-reactive ketones (excluding diaryl/α,β-unsaturated/α-hetero) is 1. The van der Waals surface area contributed by atoms with Gasteiger partial charge in [-0.15, -0.1) is 23.5 Å². The van der Waals surface area contributed by atoms with Crippen LogP contribution in [0.3, 0.4) is 0 Å². The molecule has 0 radical (unpaired) electrons. The summed E-state index contributed by atoms with van der Waals surface area (Å²) in [5.41, 5.74) is 0.829. The Kier molecular flexibility index (Phi) is 8.17. The fourth-order valence-corrected chi connectivity index (χ4v) is 6.53. The van der Waals surface area contributed by atoms with Gasteiger partial charge < -0.3 is 18.8 Å². The molecule has 2 fully saturated rings. The third kappa shape index (κ3) is 5.17. The van der Waals surface area contributed by atoms with E-state index in [0.29, 0.717) is 37.8 Å². The largest absolute Gasteiger partial charge is 0.461 e. The van der Waals surface area contributed by atoms with E-state index in [1.54, 1.807) is 11.8 Å². The number of aryl methyl sites for hydroxylation is 1. The van der Waals surface area contributed by atoms with Crippen molar-refractivity contribution in [1.29, 1.82) is 0 Å². The van der Waals surface area contributed by atoms with Gasteiger partial charge in [-0.3, -0.25) is 14.9 Å². The number of ether oxygens (including phenoxy) is 2. The summed E-state index contributed by atoms with van der Waals surface area (Å²) in [7, 11) is 0. The zero-order chi connectivity index (χ0) is 22.5. The number of amides is 1. The number of thioether (sulfide) groups is 2. The van der Waals surface area contributed by atoms with Crippen LogP contribution in [0.25, 0.3) is 11.0 Å². The van der Waals surface area contributed by atoms with E-state index >= 15 is 0 Å². The Morgan fingerprint density at radius 3 is 2.78 bits per heavy atom. The van der Waals surface area contributed by atoms with Crippen molar-refractivity contribution in [2.24, 2.45) is 0 Å². The lowest BCUT2D eigenvalue weighted by Crippen LogP contribution is -2.54. The minimum absolute atomic E-state index is 0.0449. The number of nitrogens with zero attached hydrogens (tertiary/aromatic N) is 1. The van der Waals surface area contributed by atoms with E-state index in [9.17, 15) is 9.59 Å². The summed E-state index contributed by atoms with van der Waals surface area (Å²) in [5.74, 6) is 2.77. The number of nitrogens with one attached hydrogen (secondary N) is 1. The molecule has 2 aliphatic rings. The fourth-order valence-electron chi connectivity index (χ4n) is 4.16. The van der Waals surface area contributed by atoms with Crippen LogP contribution >= 0.6 is 23.5 Å². The van der Waals surface area contributed by atoms with Crippen molar-refractivity contribution in [3.05, 3.63) is 36.1 Å². The standard InChI is InChI=1S/C23H30N2O5S2/c1-3-28-23(29-4-2)17-12-31-14-25(17)22(27)20-21(32-13-24-20)18(26)10-9-16-11-15-7-5-6-8-19(15)30-16/h5-8,11,17,20-21,23-24H,3-4,9-10,12-14H2,1-2H3/t17-,20-,21?/m0/s1. The highest BCUT2D eigenvalue weighted by atomic mass is 32.2. The molecule has 0 aliphatic carbocycles. The Morgan fingerprint density at radius 2 is 2.03 bits per heavy atom. The number of hydrogen-bond donors (Lipinski definition) is 1. The highest BCUT2D eigenvalue weighted by Gasteiger charge is 2.44. The second-order valence-corrected chi connectivity index (χ2v) is 9.91. The van der Waals surface area contributed by atoms with Crippen LogP contribution in [0.4, 0.5) is 0 Å². The quantitative estimate of drug-likeness (QED) is 0.521. The average molecular weight is 479 g/mol. The number of para-hydroxylation sites is 1. The number of carbonyl (C=O) groups excluding carboxylic acids is 2. The van der Waals surface area contributed by atoms with Crippen LogP contribution in [0, 0.1) is 0 Å². The number of furan rings is 1. The van der Waals surface area contributed by atoms with Crippen molar-refractivity contribution in [3.8, 4) is 0 Å². The fraction of sp³-hybridized carbons (Fsp3) is 0.565. The first kappa shape index (κ1) is 23.6. The molecule has 1 aromatic carbocycles. The van der Waals surface area contributed by atoms with Crippen LogP contribution in [0.2, 0.25) is 0 Å². The van der Waals surface area contributed by atoms with Crippen LogP contribution in [-0.4, -0.2) is 70.9 Å². The summed E-state index contributed by atoms with van der Waals surface area (Å²) in [6.45, 7) is 4.89. The number of benzene rings is 1. The monoisotopic (exact) mass is 478 g/mol. The maximum Gasteiger partial charge on any atom is 0.242 e. The molecule has 0 bridgehead atoms. The lowest BCUT2D eigenvalue weighted by molar-refractivity contribution is -0.173. The Hall–Kier alpha value is -1.52. The molecule has 0 saturated carbocycles. The van der Waals surface area contributed by atoms with Crippen molar-refractivity contribution in [2.45, 2.75) is 50.3 Å². The van der Waals surface area contributed by atoms with Crippen LogP contribution in [0.1, 0.15) is 26.0 Å². The average Bonchev–Trinajstić information content (AvgIpc) is 3.55. The van der Waals surface area contributed by atoms with Crippen LogP contribution < -0.4 is 5.32 Å². The number of rotatable bonds is 10. The minimum Gasteiger partial charge on any atom is -0.461 e. The Labute approximate surface area is 196 Å². The van der Waals surface area contributed by atoms with Gasteiger partial charge in [0, 0.05) is 43.1 Å². The molecule has 2 aromatic rings. The number of hydrogen-bond acceptors (Lipinski definition) is 8. The van der Waals surface area contributed by atoms with Crippen molar-refractivity contribution < 1.29 is 23.5 Å². The number of carbonyl (C=O) groups is 2. The summed E-state index contributed by atoms with van der Waals surface area (Å²) in [6, 6.07) is 9.14. The van der Waals surface area contributed by atoms with E-state index < -0.39 is 17.6 Å². The SMILES string of the molecule is CCOC(OCC)[C@@H]1CSCN1C(=O)[C@H]1NCSC1C(=O)CCc1cc2ccccc2o1. The van der Waals surface area contributed by atoms with Gasteiger partial charge in [-0.05, 0) is 26.0 Å². The molecular formula is C23H30N2O5S2. The molecule has 1 unspecified atom stereocenters. The van der Waals surface area contributed by atoms with Gasteiger partial charge in [0.2, 0.25) is 5.91 Å². The molecule has 2 saturated heterocycles. The number of ketones is 1. The van der Waals surface area contributed by atoms with Crippen molar-refractivity contribution in [1.82, 2.24) is 10.2 Å². The molecule has 4 rings (SSSR count). The van der Waals surface area contributed by atoms with E-state index in [1.165, 1.54) is 11.8 Å². The first-order valence-electron chi connectivity index (χ1n) is 11.1. The van der Waals surface area contributed by atoms with Crippen molar-refractivity contribution in [2.75, 3.05) is 30.7 Å². The zero-order valence-corrected chi connectivity index (χ0v) is 20.1. The van der Waals surface area contributed by atoms with Gasteiger partial charge in [0.15, 0.2) is 6.29 Å². The van der Waals surface area contributed by atoms with Gasteiger partial charge in [-0.25, -0.2) is 0 Å². The zero-order valence-electron chi connectivity index (χ0n) is 18.5. The summed E-state index contributed by atoms with van der Waals surface area (Å²) in [5, 5.41) is 3.89. The Balaban J connectivity index is 1.39. The lowest BCUT2D eigenvalue weighted by Gasteiger charge is -2.32. The lowest BCUT2D eigenvalue weighted by atomic mass is 10.0. The maximum absolute atomic E-state index is 13.4. The molecule has 174 valence electrons. The molecule has 3 heterocycles. The van der Waals surface area contributed by atoms with Crippen molar-refractivity contribution in [3.63, 3.8) is 0 Å². The molecule has 1 aromatic heterocycles. The van der Waals surface area contributed by atoms with Gasteiger partial charge in [-0.2, -0.15) is 0 Å². The topological polar surface area (TPSA) is 81.0 Å². The van der Waals surface area contributed by atoms with E-state index in [4.69, 9.17) is 13.9 Å². The van der Waals surface area contributed by atoms with E-state index in [1.807, 2.05) is 49.1 Å². The number of fused-ring (bicyclic) bond motifs is 1. The van der Waals surface area contributed by atoms with Crippen LogP contribution in [0.5, 0.6) is 0 Å². The predicted molar refractivity (Wildman–Crippen MR) is 128 cm³/mol. The van der Waals surface area contributed by atoms with Gasteiger partial charge in [0.25, 0.3) is 0 Å². The summed E-state index contributed by atoms with van der Waals surface area (Å²) in [6.07, 6.45) is 0.437. The molecule has 9 heteroatoms. The van der Waals surface area contributed by atoms with Gasteiger partial charge in [-0.1, -0.05) is 18.2 Å². The van der Waals surface area contributed by atoms with Gasteiger partial charge >= 0.3 is 0 Å². The Bertz CT molecular complexity index is 897. The molecule has 32 heavy (non-hydrogen) atoms. The summed E-state index contributed by atoms with van der Waals surface area (Å²) < 4.78 is 17.4. The molecule has 1 amide bonds. The summed E-state index contributed by atoms with van der Waals surface area (Å²) in [4.78, 5) is 28.3. The highest BCUT2D eigenvalue weighted by Crippen LogP contribution is 2.31. The third-order valence-corrected chi connectivity index (χ3v) is 7.99. The maximum atomic E-state index is 13.4. The van der Waals surface area contributed by atoms with Crippen molar-refractivity contribution >= 4 is 46.2 Å². The van der Waals surface area contributed by atoms with Gasteiger partial charge in [0.05, 0.1) is 17.2 Å². The first-order valence-corrected chi connectivity index (χ1v) is 13.3. The Morgan fingerprint density at radius 1 is 1.25 bits per heavy atom. The minimum atomic E-state index is -0.520. The molecule has 3 atom stereocenters. The third-order valence-electron chi connectivity index (χ3n) is 5.73. The second-order valence-electron chi connectivity index (χ2n) is 7.78. The molecule has 7 nitrogen and oxygen atoms in total. The molecular weight excluding hydrogens is 448 g/mol. The molecule has 1 N–H and O–H groups in total. The van der Waals surface area contributed by atoms with E-state index in [2.05, 4.69) is 5.32 Å². The molecule has 2 aliphatic heterocycles. The second kappa shape index (κ2) is 11.1. The van der Waals surface area contributed by atoms with E-state index in [-0.39, 0.29) is 17.7 Å².